The van der Waals surface area contributed by atoms with Crippen LogP contribution in [0.15, 0.2) is 36.4 Å². The van der Waals surface area contributed by atoms with Crippen LogP contribution in [0.1, 0.15) is 34.1 Å². The van der Waals surface area contributed by atoms with Crippen LogP contribution in [-0.4, -0.2) is 43.6 Å². The fraction of sp³-hybridized carbons (Fsp3) is 0.429. The van der Waals surface area contributed by atoms with Crippen molar-refractivity contribution in [3.05, 3.63) is 58.7 Å². The van der Waals surface area contributed by atoms with Crippen molar-refractivity contribution in [2.24, 2.45) is 0 Å². The molecule has 25 heavy (non-hydrogen) atoms. The molecule has 0 amide bonds. The van der Waals surface area contributed by atoms with Crippen LogP contribution in [0.4, 0.5) is 11.4 Å². The van der Waals surface area contributed by atoms with E-state index in [0.29, 0.717) is 0 Å². The summed E-state index contributed by atoms with van der Waals surface area (Å²) in [5.74, 6) is -0.464. The summed E-state index contributed by atoms with van der Waals surface area (Å²) in [5.41, 5.74) is 6.42. The Kier molecular flexibility index (Phi) is 4.76. The highest BCUT2D eigenvalue weighted by Crippen LogP contribution is 2.49. The number of aryl methyl sites for hydroxylation is 2. The zero-order valence-electron chi connectivity index (χ0n) is 15.6. The Bertz CT molecular complexity index is 762. The molecule has 2 aromatic carbocycles. The van der Waals surface area contributed by atoms with Gasteiger partial charge < -0.3 is 20.4 Å². The van der Waals surface area contributed by atoms with Crippen molar-refractivity contribution in [1.82, 2.24) is 0 Å². The quantitative estimate of drug-likeness (QED) is 0.801. The summed E-state index contributed by atoms with van der Waals surface area (Å²) in [6.07, 6.45) is -1.14. The van der Waals surface area contributed by atoms with Gasteiger partial charge in [0, 0.05) is 44.4 Å². The highest BCUT2D eigenvalue weighted by Gasteiger charge is 2.51. The van der Waals surface area contributed by atoms with Crippen molar-refractivity contribution in [1.29, 1.82) is 0 Å². The molecular weight excluding hydrogens is 312 g/mol. The van der Waals surface area contributed by atoms with Crippen LogP contribution < -0.4 is 10.2 Å². The number of nitrogens with one attached hydrogen (secondary N) is 1. The van der Waals surface area contributed by atoms with E-state index in [2.05, 4.69) is 22.3 Å². The number of rotatable bonds is 4. The molecule has 0 saturated heterocycles. The molecule has 3 rings (SSSR count). The van der Waals surface area contributed by atoms with Crippen molar-refractivity contribution in [2.45, 2.75) is 37.9 Å². The zero-order chi connectivity index (χ0) is 18.3. The Balaban J connectivity index is 1.87. The summed E-state index contributed by atoms with van der Waals surface area (Å²) in [5, 5.41) is 24.7. The second-order valence-electron chi connectivity index (χ2n) is 7.29. The molecule has 0 spiro atoms. The Morgan fingerprint density at radius 3 is 1.80 bits per heavy atom. The van der Waals surface area contributed by atoms with E-state index in [1.165, 1.54) is 0 Å². The minimum Gasteiger partial charge on any atom is -0.392 e. The lowest BCUT2D eigenvalue weighted by Gasteiger charge is -2.48. The van der Waals surface area contributed by atoms with Gasteiger partial charge in [0.05, 0.1) is 12.2 Å². The number of aliphatic hydroxyl groups excluding tert-OH is 2. The first-order chi connectivity index (χ1) is 11.8. The maximum Gasteiger partial charge on any atom is 0.0727 e. The Hall–Kier alpha value is -2.04. The number of benzene rings is 2. The van der Waals surface area contributed by atoms with Gasteiger partial charge in [-0.1, -0.05) is 12.1 Å². The van der Waals surface area contributed by atoms with Crippen LogP contribution in [0.3, 0.4) is 0 Å². The van der Waals surface area contributed by atoms with Gasteiger partial charge in [-0.25, -0.2) is 0 Å². The van der Waals surface area contributed by atoms with E-state index >= 15 is 0 Å². The van der Waals surface area contributed by atoms with Crippen molar-refractivity contribution < 1.29 is 10.2 Å². The van der Waals surface area contributed by atoms with Crippen LogP contribution in [0, 0.1) is 13.8 Å². The molecule has 4 nitrogen and oxygen atoms in total. The van der Waals surface area contributed by atoms with Crippen LogP contribution in [0.25, 0.3) is 0 Å². The standard InChI is InChI=1S/C21H28N2O2/c1-12-10-14(22-3)6-8-16(12)18-20(24)19(21(18)25)17-9-7-15(23(4)5)11-13(17)2/h6-11,18-22,24-25H,1-5H3. The molecular formula is C21H28N2O2. The average molecular weight is 340 g/mol. The molecule has 1 aliphatic rings. The second-order valence-corrected chi connectivity index (χ2v) is 7.29. The number of nitrogens with zero attached hydrogens (tertiary/aromatic N) is 1. The smallest absolute Gasteiger partial charge is 0.0727 e. The molecule has 4 heteroatoms. The van der Waals surface area contributed by atoms with Crippen LogP contribution in [-0.2, 0) is 0 Å². The van der Waals surface area contributed by atoms with Gasteiger partial charge in [0.1, 0.15) is 0 Å². The van der Waals surface area contributed by atoms with Gasteiger partial charge in [0.2, 0.25) is 0 Å². The number of hydrogen-bond donors (Lipinski definition) is 3. The molecule has 0 aromatic heterocycles. The van der Waals surface area contributed by atoms with E-state index < -0.39 is 12.2 Å². The third-order valence-electron chi connectivity index (χ3n) is 5.52. The second kappa shape index (κ2) is 6.70. The van der Waals surface area contributed by atoms with Crippen molar-refractivity contribution in [3.63, 3.8) is 0 Å². The molecule has 0 heterocycles. The van der Waals surface area contributed by atoms with Crippen molar-refractivity contribution >= 4 is 11.4 Å². The Morgan fingerprint density at radius 2 is 1.36 bits per heavy atom. The summed E-state index contributed by atoms with van der Waals surface area (Å²) >= 11 is 0. The number of aliphatic hydroxyl groups is 2. The molecule has 2 unspecified atom stereocenters. The minimum atomic E-state index is -0.571. The Morgan fingerprint density at radius 1 is 0.840 bits per heavy atom. The highest BCUT2D eigenvalue weighted by atomic mass is 16.3. The van der Waals surface area contributed by atoms with Crippen molar-refractivity contribution in [3.8, 4) is 0 Å². The van der Waals surface area contributed by atoms with Crippen LogP contribution >= 0.6 is 0 Å². The van der Waals surface area contributed by atoms with Gasteiger partial charge in [0.25, 0.3) is 0 Å². The maximum atomic E-state index is 10.8. The minimum absolute atomic E-state index is 0.232. The van der Waals surface area contributed by atoms with Gasteiger partial charge in [0.15, 0.2) is 0 Å². The van der Waals surface area contributed by atoms with E-state index in [-0.39, 0.29) is 11.8 Å². The van der Waals surface area contributed by atoms with E-state index in [1.54, 1.807) is 0 Å². The van der Waals surface area contributed by atoms with Gasteiger partial charge >= 0.3 is 0 Å². The molecule has 0 bridgehead atoms. The predicted octanol–water partition coefficient (Wildman–Crippen LogP) is 3.01. The molecule has 0 radical (unpaired) electrons. The van der Waals surface area contributed by atoms with Crippen LogP contribution in [0.5, 0.6) is 0 Å². The molecule has 1 saturated carbocycles. The van der Waals surface area contributed by atoms with Gasteiger partial charge in [-0.2, -0.15) is 0 Å². The Labute approximate surface area is 150 Å². The molecule has 1 fully saturated rings. The third-order valence-corrected chi connectivity index (χ3v) is 5.52. The third kappa shape index (κ3) is 3.00. The van der Waals surface area contributed by atoms with E-state index in [9.17, 15) is 10.2 Å². The SMILES string of the molecule is CNc1ccc(C2C(O)C(c3ccc(N(C)C)cc3C)C2O)c(C)c1. The molecule has 0 aliphatic heterocycles. The summed E-state index contributed by atoms with van der Waals surface area (Å²) in [6, 6.07) is 12.2. The highest BCUT2D eigenvalue weighted by molar-refractivity contribution is 5.53. The molecule has 3 N–H and O–H groups in total. The maximum absolute atomic E-state index is 10.8. The van der Waals surface area contributed by atoms with Gasteiger partial charge in [-0.15, -0.1) is 0 Å². The first-order valence-corrected chi connectivity index (χ1v) is 8.77. The zero-order valence-corrected chi connectivity index (χ0v) is 15.6. The summed E-state index contributed by atoms with van der Waals surface area (Å²) in [4.78, 5) is 2.06. The molecule has 134 valence electrons. The molecule has 2 aromatic rings. The fourth-order valence-corrected chi connectivity index (χ4v) is 3.96. The lowest BCUT2D eigenvalue weighted by molar-refractivity contribution is -0.0789. The van der Waals surface area contributed by atoms with E-state index in [1.807, 2.05) is 59.3 Å². The lowest BCUT2D eigenvalue weighted by atomic mass is 9.62. The topological polar surface area (TPSA) is 55.7 Å². The van der Waals surface area contributed by atoms with E-state index in [4.69, 9.17) is 0 Å². The molecule has 1 aliphatic carbocycles. The first kappa shape index (κ1) is 17.8. The van der Waals surface area contributed by atoms with Gasteiger partial charge in [-0.05, 0) is 60.4 Å². The van der Waals surface area contributed by atoms with Crippen molar-refractivity contribution in [2.75, 3.05) is 31.4 Å². The predicted molar refractivity (Wildman–Crippen MR) is 104 cm³/mol. The summed E-state index contributed by atoms with van der Waals surface area (Å²) in [7, 11) is 5.90. The summed E-state index contributed by atoms with van der Waals surface area (Å²) in [6.45, 7) is 4.07. The van der Waals surface area contributed by atoms with Gasteiger partial charge in [-0.3, -0.25) is 0 Å². The number of anilines is 2. The fourth-order valence-electron chi connectivity index (χ4n) is 3.96. The van der Waals surface area contributed by atoms with Crippen LogP contribution in [0.2, 0.25) is 0 Å². The normalized spacial score (nSPS) is 25.4. The summed E-state index contributed by atoms with van der Waals surface area (Å²) < 4.78 is 0. The first-order valence-electron chi connectivity index (χ1n) is 8.77. The van der Waals surface area contributed by atoms with E-state index in [0.717, 1.165) is 33.6 Å². The number of hydrogen-bond acceptors (Lipinski definition) is 4. The monoisotopic (exact) mass is 340 g/mol. The lowest BCUT2D eigenvalue weighted by Crippen LogP contribution is -2.52. The average Bonchev–Trinajstić information content (AvgIpc) is 2.58. The molecule has 2 atom stereocenters. The largest absolute Gasteiger partial charge is 0.392 e.